The van der Waals surface area contributed by atoms with E-state index in [2.05, 4.69) is 27.7 Å². The van der Waals surface area contributed by atoms with Crippen molar-refractivity contribution in [1.82, 2.24) is 0 Å². The average molecular weight is 419 g/mol. The van der Waals surface area contributed by atoms with Crippen LogP contribution in [0.25, 0.3) is 0 Å². The molecular formula is C26H42O4. The number of aliphatic hydroxyl groups excluding tert-OH is 1. The summed E-state index contributed by atoms with van der Waals surface area (Å²) >= 11 is 0. The van der Waals surface area contributed by atoms with Crippen molar-refractivity contribution < 1.29 is 19.4 Å². The maximum absolute atomic E-state index is 12.3. The van der Waals surface area contributed by atoms with E-state index in [0.717, 1.165) is 57.8 Å². The van der Waals surface area contributed by atoms with E-state index in [9.17, 15) is 14.7 Å². The van der Waals surface area contributed by atoms with Gasteiger partial charge in [-0.3, -0.25) is 9.59 Å². The molecule has 0 bridgehead atoms. The molecule has 0 saturated heterocycles. The number of hydrogen-bond donors (Lipinski definition) is 1. The molecule has 0 aromatic rings. The third kappa shape index (κ3) is 3.27. The summed E-state index contributed by atoms with van der Waals surface area (Å²) in [6.07, 6.45) is 8.25. The number of aliphatic hydroxyl groups is 1. The summed E-state index contributed by atoms with van der Waals surface area (Å²) in [6, 6.07) is 0. The highest BCUT2D eigenvalue weighted by atomic mass is 16.5. The Morgan fingerprint density at radius 2 is 1.97 bits per heavy atom. The van der Waals surface area contributed by atoms with Crippen LogP contribution in [0.1, 0.15) is 92.4 Å². The second kappa shape index (κ2) is 7.90. The van der Waals surface area contributed by atoms with Crippen molar-refractivity contribution in [2.75, 3.05) is 0 Å². The molecule has 4 heteroatoms. The van der Waals surface area contributed by atoms with Crippen LogP contribution >= 0.6 is 0 Å². The second-order valence-corrected chi connectivity index (χ2v) is 11.7. The fraction of sp³-hybridized carbons (Fsp3) is 0.923. The van der Waals surface area contributed by atoms with Gasteiger partial charge in [0.25, 0.3) is 0 Å². The maximum Gasteiger partial charge on any atom is 0.302 e. The number of hydrogen-bond acceptors (Lipinski definition) is 4. The molecule has 4 nitrogen and oxygen atoms in total. The van der Waals surface area contributed by atoms with Crippen molar-refractivity contribution >= 4 is 11.8 Å². The molecule has 0 aromatic carbocycles. The number of esters is 1. The van der Waals surface area contributed by atoms with E-state index < -0.39 is 0 Å². The van der Waals surface area contributed by atoms with Crippen molar-refractivity contribution in [3.8, 4) is 0 Å². The number of carbonyl (C=O) groups excluding carboxylic acids is 2. The lowest BCUT2D eigenvalue weighted by Crippen LogP contribution is -2.58. The molecule has 0 radical (unpaired) electrons. The molecule has 4 fully saturated rings. The van der Waals surface area contributed by atoms with Crippen LogP contribution in [0.2, 0.25) is 0 Å². The molecule has 0 spiro atoms. The van der Waals surface area contributed by atoms with Crippen molar-refractivity contribution in [1.29, 1.82) is 0 Å². The van der Waals surface area contributed by atoms with Gasteiger partial charge in [-0.2, -0.15) is 0 Å². The smallest absolute Gasteiger partial charge is 0.302 e. The van der Waals surface area contributed by atoms with Gasteiger partial charge in [-0.25, -0.2) is 0 Å². The van der Waals surface area contributed by atoms with Crippen LogP contribution < -0.4 is 0 Å². The summed E-state index contributed by atoms with van der Waals surface area (Å²) in [7, 11) is 0. The summed E-state index contributed by atoms with van der Waals surface area (Å²) in [5.41, 5.74) is 0.182. The fourth-order valence-corrected chi connectivity index (χ4v) is 8.89. The highest BCUT2D eigenvalue weighted by Gasteiger charge is 2.65. The van der Waals surface area contributed by atoms with Crippen LogP contribution in [0.4, 0.5) is 0 Å². The van der Waals surface area contributed by atoms with Crippen molar-refractivity contribution in [3.63, 3.8) is 0 Å². The number of carbonyl (C=O) groups is 2. The molecule has 170 valence electrons. The SMILES string of the molecule is CCC[C@H](O)[C@@H]1C[C@H](OC(C)=O)[C@@]2(C)CC[C@H]3[C@@H](CC[C@H]4CC(=O)C[C@H](C)[C@@]43C)[C@H]12. The number of Topliss-reactive ketones (excluding diaryl/α,β-unsaturated/α-hetero) is 1. The van der Waals surface area contributed by atoms with Crippen LogP contribution in [0.3, 0.4) is 0 Å². The molecule has 1 N–H and O–H groups in total. The topological polar surface area (TPSA) is 63.6 Å². The highest BCUT2D eigenvalue weighted by molar-refractivity contribution is 5.80. The Kier molecular flexibility index (Phi) is 5.87. The summed E-state index contributed by atoms with van der Waals surface area (Å²) in [5, 5.41) is 11.1. The fourth-order valence-electron chi connectivity index (χ4n) is 8.89. The lowest BCUT2D eigenvalue weighted by Gasteiger charge is -2.62. The summed E-state index contributed by atoms with van der Waals surface area (Å²) in [6.45, 7) is 10.8. The molecule has 0 unspecified atom stereocenters. The van der Waals surface area contributed by atoms with Crippen LogP contribution in [0.15, 0.2) is 0 Å². The Bertz CT molecular complexity index is 689. The zero-order chi connectivity index (χ0) is 21.8. The second-order valence-electron chi connectivity index (χ2n) is 11.7. The Morgan fingerprint density at radius 3 is 2.63 bits per heavy atom. The quantitative estimate of drug-likeness (QED) is 0.640. The van der Waals surface area contributed by atoms with Crippen LogP contribution in [0.5, 0.6) is 0 Å². The van der Waals surface area contributed by atoms with Gasteiger partial charge >= 0.3 is 5.97 Å². The Morgan fingerprint density at radius 1 is 1.23 bits per heavy atom. The van der Waals surface area contributed by atoms with Gasteiger partial charge in [-0.1, -0.05) is 34.1 Å². The molecular weight excluding hydrogens is 376 g/mol. The first-order valence-electron chi connectivity index (χ1n) is 12.5. The number of fused-ring (bicyclic) bond motifs is 5. The van der Waals surface area contributed by atoms with Crippen molar-refractivity contribution in [2.45, 2.75) is 105 Å². The van der Waals surface area contributed by atoms with Gasteiger partial charge in [0.15, 0.2) is 0 Å². The largest absolute Gasteiger partial charge is 0.462 e. The van der Waals surface area contributed by atoms with E-state index in [0.29, 0.717) is 35.4 Å². The predicted octanol–water partition coefficient (Wildman–Crippen LogP) is 5.16. The summed E-state index contributed by atoms with van der Waals surface area (Å²) in [5.74, 6) is 3.02. The van der Waals surface area contributed by atoms with Gasteiger partial charge in [0.1, 0.15) is 11.9 Å². The zero-order valence-corrected chi connectivity index (χ0v) is 19.7. The van der Waals surface area contributed by atoms with E-state index in [4.69, 9.17) is 4.74 Å². The number of ether oxygens (including phenoxy) is 1. The Hall–Kier alpha value is -0.900. The first kappa shape index (κ1) is 22.3. The Labute approximate surface area is 182 Å². The van der Waals surface area contributed by atoms with Gasteiger partial charge in [-0.05, 0) is 79.4 Å². The van der Waals surface area contributed by atoms with Gasteiger partial charge in [0.2, 0.25) is 0 Å². The van der Waals surface area contributed by atoms with Crippen LogP contribution in [-0.2, 0) is 14.3 Å². The molecule has 10 atom stereocenters. The van der Waals surface area contributed by atoms with Crippen molar-refractivity contribution in [3.05, 3.63) is 0 Å². The molecule has 0 heterocycles. The lowest BCUT2D eigenvalue weighted by molar-refractivity contribution is -0.170. The first-order chi connectivity index (χ1) is 14.1. The van der Waals surface area contributed by atoms with E-state index >= 15 is 0 Å². The summed E-state index contributed by atoms with van der Waals surface area (Å²) in [4.78, 5) is 24.2. The molecule has 0 aliphatic heterocycles. The first-order valence-corrected chi connectivity index (χ1v) is 12.5. The van der Waals surface area contributed by atoms with E-state index in [1.54, 1.807) is 0 Å². The molecule has 30 heavy (non-hydrogen) atoms. The average Bonchev–Trinajstić information content (AvgIpc) is 2.95. The maximum atomic E-state index is 12.3. The van der Waals surface area contributed by atoms with Gasteiger partial charge in [0.05, 0.1) is 6.10 Å². The molecule has 0 aromatic heterocycles. The van der Waals surface area contributed by atoms with Gasteiger partial charge in [0, 0.05) is 25.2 Å². The van der Waals surface area contributed by atoms with Crippen molar-refractivity contribution in [2.24, 2.45) is 46.3 Å². The lowest BCUT2D eigenvalue weighted by atomic mass is 9.42. The van der Waals surface area contributed by atoms with E-state index in [1.807, 2.05) is 0 Å². The zero-order valence-electron chi connectivity index (χ0n) is 19.7. The standard InChI is InChI=1S/C26H42O4/c1-6-7-22(29)20-14-23(30-16(3)27)25(4)11-10-21-19(24(20)25)9-8-17-13-18(28)12-15(2)26(17,21)5/h15,17,19-24,29H,6-14H2,1-5H3/t15-,17-,19+,20-,21-,22-,23-,24+,25+,26-/m0/s1. The third-order valence-corrected chi connectivity index (χ3v) is 10.4. The van der Waals surface area contributed by atoms with E-state index in [-0.39, 0.29) is 34.9 Å². The molecule has 4 saturated carbocycles. The monoisotopic (exact) mass is 418 g/mol. The number of ketones is 1. The third-order valence-electron chi connectivity index (χ3n) is 10.4. The van der Waals surface area contributed by atoms with Gasteiger partial charge in [-0.15, -0.1) is 0 Å². The minimum Gasteiger partial charge on any atom is -0.462 e. The Balaban J connectivity index is 1.69. The molecule has 0 amide bonds. The van der Waals surface area contributed by atoms with Crippen LogP contribution in [0, 0.1) is 46.3 Å². The molecule has 4 aliphatic carbocycles. The summed E-state index contributed by atoms with van der Waals surface area (Å²) < 4.78 is 5.89. The molecule has 4 aliphatic rings. The highest BCUT2D eigenvalue weighted by Crippen LogP contribution is 2.68. The normalized spacial score (nSPS) is 49.0. The van der Waals surface area contributed by atoms with Crippen LogP contribution in [-0.4, -0.2) is 29.1 Å². The van der Waals surface area contributed by atoms with Gasteiger partial charge < -0.3 is 9.84 Å². The number of rotatable bonds is 4. The predicted molar refractivity (Wildman–Crippen MR) is 117 cm³/mol. The molecule has 4 rings (SSSR count). The minimum absolute atomic E-state index is 0.0385. The van der Waals surface area contributed by atoms with E-state index in [1.165, 1.54) is 6.92 Å². The minimum atomic E-state index is -0.311.